The van der Waals surface area contributed by atoms with Gasteiger partial charge in [-0.15, -0.1) is 0 Å². The SMILES string of the molecule is NC(N)=NCCCC(NC(=O)C1CCCN1C(=O)C1CCCN1C(=O)C(N)Cc1cnc[nH]1)C(=O)O. The summed E-state index contributed by atoms with van der Waals surface area (Å²) >= 11 is 0. The first kappa shape index (κ1) is 26.9. The van der Waals surface area contributed by atoms with Gasteiger partial charge in [-0.25, -0.2) is 9.78 Å². The number of aromatic nitrogens is 2. The third kappa shape index (κ3) is 6.71. The lowest BCUT2D eigenvalue weighted by molar-refractivity contribution is -0.148. The van der Waals surface area contributed by atoms with Gasteiger partial charge in [0, 0.05) is 37.9 Å². The van der Waals surface area contributed by atoms with Gasteiger partial charge in [-0.2, -0.15) is 0 Å². The van der Waals surface area contributed by atoms with Crippen LogP contribution in [0.5, 0.6) is 0 Å². The number of aromatic amines is 1. The molecule has 2 fully saturated rings. The van der Waals surface area contributed by atoms with E-state index in [0.29, 0.717) is 45.2 Å². The molecule has 14 nitrogen and oxygen atoms in total. The Morgan fingerprint density at radius 2 is 1.86 bits per heavy atom. The summed E-state index contributed by atoms with van der Waals surface area (Å²) in [5, 5.41) is 12.1. The molecule has 2 aliphatic heterocycles. The van der Waals surface area contributed by atoms with Crippen LogP contribution in [0, 0.1) is 0 Å². The Morgan fingerprint density at radius 3 is 2.50 bits per heavy atom. The molecular weight excluding hydrogens is 470 g/mol. The maximum Gasteiger partial charge on any atom is 0.326 e. The van der Waals surface area contributed by atoms with E-state index in [9.17, 15) is 24.3 Å². The number of carboxylic acids is 1. The second-order valence-corrected chi connectivity index (χ2v) is 9.12. The Balaban J connectivity index is 1.61. The zero-order valence-corrected chi connectivity index (χ0v) is 20.1. The van der Waals surface area contributed by atoms with Gasteiger partial charge in [0.2, 0.25) is 17.7 Å². The van der Waals surface area contributed by atoms with Gasteiger partial charge in [0.1, 0.15) is 18.1 Å². The molecule has 0 saturated carbocycles. The number of nitrogens with zero attached hydrogens (tertiary/aromatic N) is 4. The molecule has 0 spiro atoms. The number of amides is 3. The summed E-state index contributed by atoms with van der Waals surface area (Å²) in [4.78, 5) is 64.7. The van der Waals surface area contributed by atoms with Crippen molar-refractivity contribution in [2.45, 2.75) is 69.1 Å². The Hall–Kier alpha value is -3.68. The fraction of sp³-hybridized carbons (Fsp3) is 0.636. The molecule has 0 bridgehead atoms. The van der Waals surface area contributed by atoms with Crippen molar-refractivity contribution in [1.82, 2.24) is 25.1 Å². The number of carbonyl (C=O) groups is 4. The van der Waals surface area contributed by atoms with Gasteiger partial charge in [-0.3, -0.25) is 19.4 Å². The van der Waals surface area contributed by atoms with E-state index < -0.39 is 36.0 Å². The van der Waals surface area contributed by atoms with Crippen molar-refractivity contribution < 1.29 is 24.3 Å². The number of nitrogens with one attached hydrogen (secondary N) is 2. The van der Waals surface area contributed by atoms with Crippen molar-refractivity contribution in [3.8, 4) is 0 Å². The fourth-order valence-electron chi connectivity index (χ4n) is 4.74. The van der Waals surface area contributed by atoms with Gasteiger partial charge in [-0.1, -0.05) is 0 Å². The molecule has 36 heavy (non-hydrogen) atoms. The summed E-state index contributed by atoms with van der Waals surface area (Å²) in [6.07, 6.45) is 6.02. The molecule has 4 unspecified atom stereocenters. The first-order chi connectivity index (χ1) is 17.2. The standard InChI is InChI=1S/C22H35N9O5/c23-14(10-13-11-26-12-28-13)19(33)31-9-3-6-17(31)20(34)30-8-2-5-16(30)18(32)29-15(21(35)36)4-1-7-27-22(24)25/h11-12,14-17H,1-10,23H2,(H,26,28)(H,29,32)(H,35,36)(H4,24,25,27). The number of guanidine groups is 1. The number of rotatable bonds is 11. The molecule has 1 aromatic rings. The average Bonchev–Trinajstić information content (AvgIpc) is 3.61. The fourth-order valence-corrected chi connectivity index (χ4v) is 4.74. The second-order valence-electron chi connectivity index (χ2n) is 9.12. The molecule has 3 amide bonds. The zero-order valence-electron chi connectivity index (χ0n) is 20.1. The Labute approximate surface area is 208 Å². The van der Waals surface area contributed by atoms with E-state index in [1.54, 1.807) is 6.20 Å². The molecular formula is C22H35N9O5. The number of aliphatic carboxylic acids is 1. The summed E-state index contributed by atoms with van der Waals surface area (Å²) in [5.74, 6) is -2.43. The number of H-pyrrole nitrogens is 1. The number of aliphatic imine (C=N–C) groups is 1. The number of hydrogen-bond donors (Lipinski definition) is 6. The maximum atomic E-state index is 13.5. The predicted octanol–water partition coefficient (Wildman–Crippen LogP) is -2.12. The third-order valence-corrected chi connectivity index (χ3v) is 6.53. The summed E-state index contributed by atoms with van der Waals surface area (Å²) in [5.41, 5.74) is 17.4. The molecule has 0 aromatic carbocycles. The van der Waals surface area contributed by atoms with E-state index in [1.807, 2.05) is 0 Å². The highest BCUT2D eigenvalue weighted by Gasteiger charge is 2.43. The topological polar surface area (TPSA) is 226 Å². The van der Waals surface area contributed by atoms with Crippen molar-refractivity contribution in [2.75, 3.05) is 19.6 Å². The number of nitrogens with two attached hydrogens (primary N) is 3. The summed E-state index contributed by atoms with van der Waals surface area (Å²) in [6.45, 7) is 1.01. The van der Waals surface area contributed by atoms with Gasteiger partial charge in [0.15, 0.2) is 5.96 Å². The van der Waals surface area contributed by atoms with Crippen LogP contribution >= 0.6 is 0 Å². The minimum atomic E-state index is -1.18. The van der Waals surface area contributed by atoms with Crippen LogP contribution < -0.4 is 22.5 Å². The lowest BCUT2D eigenvalue weighted by Gasteiger charge is -2.32. The van der Waals surface area contributed by atoms with Crippen LogP contribution in [-0.4, -0.2) is 98.3 Å². The Kier molecular flexibility index (Phi) is 9.22. The monoisotopic (exact) mass is 505 g/mol. The molecule has 2 saturated heterocycles. The highest BCUT2D eigenvalue weighted by Crippen LogP contribution is 2.26. The molecule has 0 radical (unpaired) electrons. The molecule has 0 aliphatic carbocycles. The smallest absolute Gasteiger partial charge is 0.326 e. The number of likely N-dealkylation sites (tertiary alicyclic amines) is 2. The van der Waals surface area contributed by atoms with Gasteiger partial charge in [0.25, 0.3) is 0 Å². The Bertz CT molecular complexity index is 963. The van der Waals surface area contributed by atoms with Crippen LogP contribution in [0.1, 0.15) is 44.2 Å². The third-order valence-electron chi connectivity index (χ3n) is 6.53. The highest BCUT2D eigenvalue weighted by atomic mass is 16.4. The lowest BCUT2D eigenvalue weighted by Crippen LogP contribution is -2.56. The van der Waals surface area contributed by atoms with Gasteiger partial charge >= 0.3 is 5.97 Å². The van der Waals surface area contributed by atoms with Crippen molar-refractivity contribution in [3.63, 3.8) is 0 Å². The Morgan fingerprint density at radius 1 is 1.17 bits per heavy atom. The number of hydrogen-bond acceptors (Lipinski definition) is 7. The molecule has 14 heteroatoms. The molecule has 198 valence electrons. The predicted molar refractivity (Wildman–Crippen MR) is 129 cm³/mol. The van der Waals surface area contributed by atoms with Crippen LogP contribution in [0.3, 0.4) is 0 Å². The van der Waals surface area contributed by atoms with Gasteiger partial charge < -0.3 is 42.4 Å². The summed E-state index contributed by atoms with van der Waals surface area (Å²) in [6, 6.07) is -3.46. The van der Waals surface area contributed by atoms with Crippen molar-refractivity contribution in [2.24, 2.45) is 22.2 Å². The van der Waals surface area contributed by atoms with Gasteiger partial charge in [-0.05, 0) is 38.5 Å². The molecule has 4 atom stereocenters. The summed E-state index contributed by atoms with van der Waals surface area (Å²) < 4.78 is 0. The van der Waals surface area contributed by atoms with E-state index in [1.165, 1.54) is 16.1 Å². The van der Waals surface area contributed by atoms with Gasteiger partial charge in [0.05, 0.1) is 12.4 Å². The molecule has 2 aliphatic rings. The van der Waals surface area contributed by atoms with Crippen LogP contribution in [-0.2, 0) is 25.6 Å². The first-order valence-electron chi connectivity index (χ1n) is 12.1. The van der Waals surface area contributed by atoms with Crippen LogP contribution in [0.25, 0.3) is 0 Å². The quantitative estimate of drug-likeness (QED) is 0.110. The van der Waals surface area contributed by atoms with E-state index >= 15 is 0 Å². The molecule has 3 heterocycles. The average molecular weight is 506 g/mol. The van der Waals surface area contributed by atoms with E-state index in [2.05, 4.69) is 20.3 Å². The molecule has 1 aromatic heterocycles. The maximum absolute atomic E-state index is 13.5. The van der Waals surface area contributed by atoms with E-state index in [4.69, 9.17) is 17.2 Å². The first-order valence-corrected chi connectivity index (χ1v) is 12.1. The van der Waals surface area contributed by atoms with Crippen molar-refractivity contribution in [3.05, 3.63) is 18.2 Å². The van der Waals surface area contributed by atoms with Crippen LogP contribution in [0.15, 0.2) is 17.5 Å². The molecule has 9 N–H and O–H groups in total. The lowest BCUT2D eigenvalue weighted by atomic mass is 10.1. The largest absolute Gasteiger partial charge is 0.480 e. The summed E-state index contributed by atoms with van der Waals surface area (Å²) in [7, 11) is 0. The number of imidazole rings is 1. The highest BCUT2D eigenvalue weighted by molar-refractivity contribution is 5.94. The second kappa shape index (κ2) is 12.3. The van der Waals surface area contributed by atoms with Crippen LogP contribution in [0.4, 0.5) is 0 Å². The van der Waals surface area contributed by atoms with Crippen molar-refractivity contribution in [1.29, 1.82) is 0 Å². The zero-order chi connectivity index (χ0) is 26.2. The van der Waals surface area contributed by atoms with E-state index in [-0.39, 0.29) is 37.2 Å². The minimum Gasteiger partial charge on any atom is -0.480 e. The van der Waals surface area contributed by atoms with Crippen LogP contribution in [0.2, 0.25) is 0 Å². The normalized spacial score (nSPS) is 21.1. The van der Waals surface area contributed by atoms with E-state index in [0.717, 1.165) is 5.69 Å². The molecule has 3 rings (SSSR count). The number of carbonyl (C=O) groups excluding carboxylic acids is 3. The van der Waals surface area contributed by atoms with Crippen molar-refractivity contribution >= 4 is 29.7 Å². The minimum absolute atomic E-state index is 0.0901. The number of carboxylic acid groups (broad SMARTS) is 1.